The minimum atomic E-state index is -1.41. The fourth-order valence-electron chi connectivity index (χ4n) is 1.79. The third-order valence-corrected chi connectivity index (χ3v) is 4.32. The van der Waals surface area contributed by atoms with Crippen molar-refractivity contribution in [1.82, 2.24) is 0 Å². The molecule has 4 heteroatoms. The molecule has 3 rings (SSSR count). The highest BCUT2D eigenvalue weighted by atomic mass is 31.2. The minimum Gasteiger partial charge on any atom is -0.418 e. The molecule has 1 saturated carbocycles. The molecular formula is C16H17O3P. The number of hydrogen-bond acceptors (Lipinski definition) is 3. The van der Waals surface area contributed by atoms with E-state index < -0.39 is 8.60 Å². The van der Waals surface area contributed by atoms with Gasteiger partial charge in [-0.3, -0.25) is 4.52 Å². The average Bonchev–Trinajstić information content (AvgIpc) is 2.45. The van der Waals surface area contributed by atoms with Crippen LogP contribution in [-0.2, 0) is 4.52 Å². The molecule has 0 aromatic heterocycles. The van der Waals surface area contributed by atoms with Gasteiger partial charge in [0.15, 0.2) is 0 Å². The first kappa shape index (κ1) is 13.4. The van der Waals surface area contributed by atoms with Crippen LogP contribution in [0.2, 0.25) is 0 Å². The summed E-state index contributed by atoms with van der Waals surface area (Å²) in [5, 5.41) is 0. The van der Waals surface area contributed by atoms with Gasteiger partial charge >= 0.3 is 8.60 Å². The van der Waals surface area contributed by atoms with E-state index in [4.69, 9.17) is 13.6 Å². The molecule has 0 unspecified atom stereocenters. The maximum Gasteiger partial charge on any atom is 0.463 e. The van der Waals surface area contributed by atoms with Crippen molar-refractivity contribution in [3.05, 3.63) is 60.7 Å². The molecule has 0 heterocycles. The van der Waals surface area contributed by atoms with Crippen molar-refractivity contribution in [3.63, 3.8) is 0 Å². The van der Waals surface area contributed by atoms with Crippen LogP contribution in [0.4, 0.5) is 0 Å². The van der Waals surface area contributed by atoms with Crippen molar-refractivity contribution in [3.8, 4) is 11.5 Å². The average molecular weight is 288 g/mol. The van der Waals surface area contributed by atoms with E-state index in [2.05, 4.69) is 0 Å². The quantitative estimate of drug-likeness (QED) is 0.705. The normalized spacial score (nSPS) is 14.8. The van der Waals surface area contributed by atoms with Crippen LogP contribution in [0.25, 0.3) is 0 Å². The second-order valence-corrected chi connectivity index (χ2v) is 5.71. The molecule has 0 spiro atoms. The molecule has 0 amide bonds. The highest BCUT2D eigenvalue weighted by Crippen LogP contribution is 2.45. The Bertz CT molecular complexity index is 472. The van der Waals surface area contributed by atoms with Crippen molar-refractivity contribution in [2.24, 2.45) is 0 Å². The summed E-state index contributed by atoms with van der Waals surface area (Å²) >= 11 is 0. The molecule has 1 aliphatic rings. The van der Waals surface area contributed by atoms with Gasteiger partial charge in [-0.2, -0.15) is 0 Å². The van der Waals surface area contributed by atoms with Gasteiger partial charge in [0.1, 0.15) is 11.5 Å². The van der Waals surface area contributed by atoms with Gasteiger partial charge in [-0.05, 0) is 43.5 Å². The van der Waals surface area contributed by atoms with Gasteiger partial charge in [-0.1, -0.05) is 36.4 Å². The summed E-state index contributed by atoms with van der Waals surface area (Å²) in [6.07, 6.45) is 3.68. The zero-order chi connectivity index (χ0) is 13.6. The third kappa shape index (κ3) is 3.72. The van der Waals surface area contributed by atoms with E-state index in [1.807, 2.05) is 60.7 Å². The van der Waals surface area contributed by atoms with Crippen molar-refractivity contribution < 1.29 is 13.6 Å². The molecule has 1 fully saturated rings. The summed E-state index contributed by atoms with van der Waals surface area (Å²) in [6.45, 7) is 0. The molecule has 20 heavy (non-hydrogen) atoms. The number of hydrogen-bond donors (Lipinski definition) is 0. The van der Waals surface area contributed by atoms with Gasteiger partial charge in [-0.15, -0.1) is 0 Å². The third-order valence-electron chi connectivity index (χ3n) is 3.13. The second-order valence-electron chi connectivity index (χ2n) is 4.69. The standard InChI is InChI=1S/C16H17O3P/c1-3-8-14(9-4-1)17-20(19-16-12-7-13-16)18-15-10-5-2-6-11-15/h1-6,8-11,16H,7,12-13H2. The summed E-state index contributed by atoms with van der Waals surface area (Å²) < 4.78 is 17.6. The Morgan fingerprint density at radius 2 is 1.25 bits per heavy atom. The molecule has 0 N–H and O–H groups in total. The molecule has 0 saturated heterocycles. The largest absolute Gasteiger partial charge is 0.463 e. The number of rotatable bonds is 6. The number of benzene rings is 2. The predicted molar refractivity (Wildman–Crippen MR) is 79.8 cm³/mol. The molecule has 1 aliphatic carbocycles. The lowest BCUT2D eigenvalue weighted by Gasteiger charge is -2.28. The van der Waals surface area contributed by atoms with Gasteiger partial charge in [0.25, 0.3) is 0 Å². The summed E-state index contributed by atoms with van der Waals surface area (Å²) in [7, 11) is -1.41. The Hall–Kier alpha value is -1.57. The van der Waals surface area contributed by atoms with Gasteiger partial charge in [0.2, 0.25) is 0 Å². The van der Waals surface area contributed by atoms with E-state index in [0.29, 0.717) is 0 Å². The van der Waals surface area contributed by atoms with Gasteiger partial charge in [0.05, 0.1) is 6.10 Å². The molecule has 0 atom stereocenters. The molecule has 0 bridgehead atoms. The van der Waals surface area contributed by atoms with E-state index in [9.17, 15) is 0 Å². The summed E-state index contributed by atoms with van der Waals surface area (Å²) in [6, 6.07) is 19.3. The molecule has 0 radical (unpaired) electrons. The Labute approximate surface area is 120 Å². The highest BCUT2D eigenvalue weighted by Gasteiger charge is 2.27. The van der Waals surface area contributed by atoms with Crippen LogP contribution in [0, 0.1) is 0 Å². The Kier molecular flexibility index (Phi) is 4.52. The van der Waals surface area contributed by atoms with E-state index in [1.54, 1.807) is 0 Å². The Morgan fingerprint density at radius 1 is 0.750 bits per heavy atom. The van der Waals surface area contributed by atoms with E-state index in [0.717, 1.165) is 24.3 Å². The lowest BCUT2D eigenvalue weighted by Crippen LogP contribution is -2.21. The SMILES string of the molecule is c1ccc(OP(Oc2ccccc2)OC2CCC2)cc1. The smallest absolute Gasteiger partial charge is 0.418 e. The molecule has 3 nitrogen and oxygen atoms in total. The van der Waals surface area contributed by atoms with Crippen LogP contribution in [-0.4, -0.2) is 6.10 Å². The first-order valence-corrected chi connectivity index (χ1v) is 7.92. The van der Waals surface area contributed by atoms with E-state index in [-0.39, 0.29) is 6.10 Å². The number of para-hydroxylation sites is 2. The maximum atomic E-state index is 5.91. The van der Waals surface area contributed by atoms with Crippen molar-refractivity contribution >= 4 is 8.60 Å². The lowest BCUT2D eigenvalue weighted by molar-refractivity contribution is 0.107. The zero-order valence-electron chi connectivity index (χ0n) is 11.1. The maximum absolute atomic E-state index is 5.91. The molecule has 104 valence electrons. The Morgan fingerprint density at radius 3 is 1.65 bits per heavy atom. The molecule has 0 aliphatic heterocycles. The second kappa shape index (κ2) is 6.74. The van der Waals surface area contributed by atoms with Gasteiger partial charge in [-0.25, -0.2) is 0 Å². The van der Waals surface area contributed by atoms with E-state index in [1.165, 1.54) is 6.42 Å². The van der Waals surface area contributed by atoms with Crippen LogP contribution in [0.15, 0.2) is 60.7 Å². The molecule has 2 aromatic rings. The van der Waals surface area contributed by atoms with E-state index >= 15 is 0 Å². The Balaban J connectivity index is 1.66. The van der Waals surface area contributed by atoms with Crippen molar-refractivity contribution in [2.45, 2.75) is 25.4 Å². The van der Waals surface area contributed by atoms with Crippen molar-refractivity contribution in [2.75, 3.05) is 0 Å². The minimum absolute atomic E-state index is 0.272. The van der Waals surface area contributed by atoms with Crippen LogP contribution >= 0.6 is 8.60 Å². The topological polar surface area (TPSA) is 27.7 Å². The monoisotopic (exact) mass is 288 g/mol. The summed E-state index contributed by atoms with van der Waals surface area (Å²) in [5.41, 5.74) is 0. The molecule has 2 aromatic carbocycles. The highest BCUT2D eigenvalue weighted by molar-refractivity contribution is 7.42. The first-order chi connectivity index (χ1) is 9.90. The summed E-state index contributed by atoms with van der Waals surface area (Å²) in [5.74, 6) is 1.54. The van der Waals surface area contributed by atoms with Gasteiger partial charge in [0, 0.05) is 0 Å². The predicted octanol–water partition coefficient (Wildman–Crippen LogP) is 4.94. The van der Waals surface area contributed by atoms with Crippen molar-refractivity contribution in [1.29, 1.82) is 0 Å². The van der Waals surface area contributed by atoms with Crippen LogP contribution in [0.1, 0.15) is 19.3 Å². The van der Waals surface area contributed by atoms with Gasteiger partial charge < -0.3 is 9.05 Å². The van der Waals surface area contributed by atoms with Crippen LogP contribution in [0.5, 0.6) is 11.5 Å². The first-order valence-electron chi connectivity index (χ1n) is 6.83. The van der Waals surface area contributed by atoms with Crippen LogP contribution < -0.4 is 9.05 Å². The fraction of sp³-hybridized carbons (Fsp3) is 0.250. The summed E-state index contributed by atoms with van der Waals surface area (Å²) in [4.78, 5) is 0. The van der Waals surface area contributed by atoms with Crippen LogP contribution in [0.3, 0.4) is 0 Å². The zero-order valence-corrected chi connectivity index (χ0v) is 12.0. The lowest BCUT2D eigenvalue weighted by atomic mass is 9.97. The molecular weight excluding hydrogens is 271 g/mol. The fourth-order valence-corrected chi connectivity index (χ4v) is 2.96.